The van der Waals surface area contributed by atoms with Gasteiger partial charge in [0.15, 0.2) is 0 Å². The molecule has 0 atom stereocenters. The maximum absolute atomic E-state index is 5.32. The zero-order valence-corrected chi connectivity index (χ0v) is 8.20. The van der Waals surface area contributed by atoms with Crippen LogP contribution >= 0.6 is 0 Å². The van der Waals surface area contributed by atoms with Gasteiger partial charge in [-0.15, -0.1) is 0 Å². The van der Waals surface area contributed by atoms with E-state index in [-0.39, 0.29) is 0 Å². The van der Waals surface area contributed by atoms with Crippen LogP contribution in [0.3, 0.4) is 0 Å². The lowest BCUT2D eigenvalue weighted by Crippen LogP contribution is -2.32. The fraction of sp³-hybridized carbons (Fsp3) is 0.636. The van der Waals surface area contributed by atoms with Crippen molar-refractivity contribution in [1.82, 2.24) is 4.90 Å². The molecular weight excluding hydrogens is 162 g/mol. The summed E-state index contributed by atoms with van der Waals surface area (Å²) in [6.45, 7) is 5.77. The third kappa shape index (κ3) is 2.34. The number of rotatable bonds is 2. The third-order valence-corrected chi connectivity index (χ3v) is 2.84. The van der Waals surface area contributed by atoms with Crippen LogP contribution < -0.4 is 0 Å². The topological polar surface area (TPSA) is 16.4 Å². The molecule has 0 aliphatic carbocycles. The second-order valence-electron chi connectivity index (χ2n) is 4.04. The second-order valence-corrected chi connectivity index (χ2v) is 4.04. The van der Waals surface area contributed by atoms with Crippen LogP contribution in [-0.4, -0.2) is 18.0 Å². The van der Waals surface area contributed by atoms with Crippen LogP contribution in [0.5, 0.6) is 0 Å². The normalized spacial score (nSPS) is 20.7. The molecular formula is C11H17NO. The SMILES string of the molecule is CC1CCN(Cc2ccco2)CC1. The Kier molecular flexibility index (Phi) is 2.69. The summed E-state index contributed by atoms with van der Waals surface area (Å²) in [6.07, 6.45) is 4.42. The Morgan fingerprint density at radius 1 is 1.46 bits per heavy atom. The van der Waals surface area contributed by atoms with E-state index in [1.807, 2.05) is 6.07 Å². The monoisotopic (exact) mass is 179 g/mol. The molecule has 1 aromatic heterocycles. The predicted octanol–water partition coefficient (Wildman–Crippen LogP) is 2.51. The summed E-state index contributed by atoms with van der Waals surface area (Å²) in [5, 5.41) is 0. The Bertz CT molecular complexity index is 235. The molecule has 2 nitrogen and oxygen atoms in total. The van der Waals surface area contributed by atoms with Crippen molar-refractivity contribution >= 4 is 0 Å². The molecule has 1 fully saturated rings. The first-order valence-corrected chi connectivity index (χ1v) is 5.09. The molecule has 0 radical (unpaired) electrons. The standard InChI is InChI=1S/C11H17NO/c1-10-4-6-12(7-5-10)9-11-3-2-8-13-11/h2-3,8,10H,4-7,9H2,1H3. The Morgan fingerprint density at radius 2 is 2.23 bits per heavy atom. The first-order valence-electron chi connectivity index (χ1n) is 5.09. The van der Waals surface area contributed by atoms with Gasteiger partial charge in [-0.2, -0.15) is 0 Å². The van der Waals surface area contributed by atoms with Crippen LogP contribution in [0.25, 0.3) is 0 Å². The zero-order valence-electron chi connectivity index (χ0n) is 8.20. The molecule has 0 spiro atoms. The van der Waals surface area contributed by atoms with Gasteiger partial charge in [0.1, 0.15) is 5.76 Å². The van der Waals surface area contributed by atoms with Crippen molar-refractivity contribution < 1.29 is 4.42 Å². The summed E-state index contributed by atoms with van der Waals surface area (Å²) in [6, 6.07) is 4.01. The molecule has 0 saturated carbocycles. The lowest BCUT2D eigenvalue weighted by Gasteiger charge is -2.29. The van der Waals surface area contributed by atoms with Crippen molar-refractivity contribution in [3.8, 4) is 0 Å². The van der Waals surface area contributed by atoms with Crippen LogP contribution in [0.2, 0.25) is 0 Å². The molecule has 1 aliphatic rings. The van der Waals surface area contributed by atoms with Crippen LogP contribution in [-0.2, 0) is 6.54 Å². The van der Waals surface area contributed by atoms with E-state index in [1.54, 1.807) is 6.26 Å². The van der Waals surface area contributed by atoms with Gasteiger partial charge in [-0.05, 0) is 44.0 Å². The van der Waals surface area contributed by atoms with E-state index in [2.05, 4.69) is 17.9 Å². The molecule has 0 amide bonds. The van der Waals surface area contributed by atoms with Gasteiger partial charge < -0.3 is 4.42 Å². The Labute approximate surface area is 79.5 Å². The lowest BCUT2D eigenvalue weighted by atomic mass is 9.99. The van der Waals surface area contributed by atoms with E-state index in [0.717, 1.165) is 18.2 Å². The van der Waals surface area contributed by atoms with E-state index in [4.69, 9.17) is 4.42 Å². The van der Waals surface area contributed by atoms with Crippen molar-refractivity contribution in [3.63, 3.8) is 0 Å². The maximum Gasteiger partial charge on any atom is 0.117 e. The molecule has 1 aliphatic heterocycles. The summed E-state index contributed by atoms with van der Waals surface area (Å²) in [5.41, 5.74) is 0. The fourth-order valence-electron chi connectivity index (χ4n) is 1.84. The highest BCUT2D eigenvalue weighted by Crippen LogP contribution is 2.17. The van der Waals surface area contributed by atoms with Crippen LogP contribution in [0, 0.1) is 5.92 Å². The van der Waals surface area contributed by atoms with Crippen LogP contribution in [0.4, 0.5) is 0 Å². The Morgan fingerprint density at radius 3 is 2.85 bits per heavy atom. The molecule has 0 aromatic carbocycles. The maximum atomic E-state index is 5.32. The number of hydrogen-bond acceptors (Lipinski definition) is 2. The Hall–Kier alpha value is -0.760. The summed E-state index contributed by atoms with van der Waals surface area (Å²) >= 11 is 0. The molecule has 72 valence electrons. The highest BCUT2D eigenvalue weighted by molar-refractivity contribution is 4.98. The summed E-state index contributed by atoms with van der Waals surface area (Å²) in [4.78, 5) is 2.47. The van der Waals surface area contributed by atoms with Crippen LogP contribution in [0.1, 0.15) is 25.5 Å². The molecule has 2 heterocycles. The second kappa shape index (κ2) is 3.97. The number of nitrogens with zero attached hydrogens (tertiary/aromatic N) is 1. The van der Waals surface area contributed by atoms with E-state index >= 15 is 0 Å². The quantitative estimate of drug-likeness (QED) is 0.693. The van der Waals surface area contributed by atoms with Crippen molar-refractivity contribution in [1.29, 1.82) is 0 Å². The van der Waals surface area contributed by atoms with E-state index in [0.29, 0.717) is 0 Å². The first-order chi connectivity index (χ1) is 6.34. The number of furan rings is 1. The van der Waals surface area contributed by atoms with Gasteiger partial charge >= 0.3 is 0 Å². The molecule has 0 unspecified atom stereocenters. The van der Waals surface area contributed by atoms with Gasteiger partial charge in [-0.3, -0.25) is 4.90 Å². The first kappa shape index (κ1) is 8.82. The van der Waals surface area contributed by atoms with Crippen LogP contribution in [0.15, 0.2) is 22.8 Å². The fourth-order valence-corrected chi connectivity index (χ4v) is 1.84. The minimum atomic E-state index is 0.910. The van der Waals surface area contributed by atoms with Crippen molar-refractivity contribution in [3.05, 3.63) is 24.2 Å². The largest absolute Gasteiger partial charge is 0.468 e. The summed E-state index contributed by atoms with van der Waals surface area (Å²) in [7, 11) is 0. The van der Waals surface area contributed by atoms with Gasteiger partial charge in [0, 0.05) is 0 Å². The summed E-state index contributed by atoms with van der Waals surface area (Å²) < 4.78 is 5.32. The van der Waals surface area contributed by atoms with E-state index in [9.17, 15) is 0 Å². The van der Waals surface area contributed by atoms with Crippen molar-refractivity contribution in [2.75, 3.05) is 13.1 Å². The summed E-state index contributed by atoms with van der Waals surface area (Å²) in [5.74, 6) is 2.00. The molecule has 1 aromatic rings. The number of hydrogen-bond donors (Lipinski definition) is 0. The van der Waals surface area contributed by atoms with Gasteiger partial charge in [0.05, 0.1) is 12.8 Å². The smallest absolute Gasteiger partial charge is 0.117 e. The third-order valence-electron chi connectivity index (χ3n) is 2.84. The Balaban J connectivity index is 1.83. The molecule has 13 heavy (non-hydrogen) atoms. The highest BCUT2D eigenvalue weighted by atomic mass is 16.3. The molecule has 0 N–H and O–H groups in total. The average molecular weight is 179 g/mol. The van der Waals surface area contributed by atoms with Gasteiger partial charge in [0.25, 0.3) is 0 Å². The van der Waals surface area contributed by atoms with Gasteiger partial charge in [0.2, 0.25) is 0 Å². The highest BCUT2D eigenvalue weighted by Gasteiger charge is 2.16. The molecule has 2 rings (SSSR count). The van der Waals surface area contributed by atoms with Gasteiger partial charge in [-0.1, -0.05) is 6.92 Å². The van der Waals surface area contributed by atoms with Gasteiger partial charge in [-0.25, -0.2) is 0 Å². The predicted molar refractivity (Wildman–Crippen MR) is 52.4 cm³/mol. The number of piperidine rings is 1. The minimum Gasteiger partial charge on any atom is -0.468 e. The lowest BCUT2D eigenvalue weighted by molar-refractivity contribution is 0.173. The number of likely N-dealkylation sites (tertiary alicyclic amines) is 1. The molecule has 1 saturated heterocycles. The molecule has 0 bridgehead atoms. The van der Waals surface area contributed by atoms with Crippen molar-refractivity contribution in [2.24, 2.45) is 5.92 Å². The molecule has 2 heteroatoms. The zero-order chi connectivity index (χ0) is 9.10. The van der Waals surface area contributed by atoms with Crippen molar-refractivity contribution in [2.45, 2.75) is 26.3 Å². The van der Waals surface area contributed by atoms with E-state index < -0.39 is 0 Å². The van der Waals surface area contributed by atoms with E-state index in [1.165, 1.54) is 25.9 Å². The average Bonchev–Trinajstić information content (AvgIpc) is 2.62. The minimum absolute atomic E-state index is 0.910.